The van der Waals surface area contributed by atoms with E-state index in [4.69, 9.17) is 9.47 Å². The number of rotatable bonds is 14. The molecule has 0 unspecified atom stereocenters. The molecule has 4 rings (SSSR count). The SMILES string of the molecule is CC(C)C[C@@H](NC(=O)OCc1ccccc1)C(=O)N[C@@H](Cc1ccccc1)C(=O)COc1cc(C(F)(F)F)nn1-c1ccccc1. The zero-order valence-corrected chi connectivity index (χ0v) is 25.4. The Morgan fingerprint density at radius 2 is 1.41 bits per heavy atom. The van der Waals surface area contributed by atoms with Crippen LogP contribution in [0.25, 0.3) is 5.69 Å². The molecule has 2 N–H and O–H groups in total. The maximum absolute atomic E-state index is 13.5. The number of alkyl carbamates (subject to hydrolysis) is 1. The third kappa shape index (κ3) is 9.94. The number of carbonyl (C=O) groups excluding carboxylic acids is 3. The molecule has 0 saturated carbocycles. The lowest BCUT2D eigenvalue weighted by molar-refractivity contribution is -0.141. The highest BCUT2D eigenvalue weighted by Gasteiger charge is 2.36. The summed E-state index contributed by atoms with van der Waals surface area (Å²) in [4.78, 5) is 39.7. The van der Waals surface area contributed by atoms with Gasteiger partial charge in [-0.1, -0.05) is 92.7 Å². The van der Waals surface area contributed by atoms with Crippen molar-refractivity contribution in [2.24, 2.45) is 5.92 Å². The lowest BCUT2D eigenvalue weighted by Gasteiger charge is -2.24. The topological polar surface area (TPSA) is 112 Å². The summed E-state index contributed by atoms with van der Waals surface area (Å²) in [5.74, 6) is -1.51. The molecule has 1 heterocycles. The van der Waals surface area contributed by atoms with E-state index in [1.165, 1.54) is 0 Å². The van der Waals surface area contributed by atoms with Crippen LogP contribution in [0.5, 0.6) is 5.88 Å². The van der Waals surface area contributed by atoms with Crippen molar-refractivity contribution in [3.8, 4) is 11.6 Å². The number of aromatic nitrogens is 2. The molecule has 3 aromatic carbocycles. The van der Waals surface area contributed by atoms with E-state index in [1.54, 1.807) is 72.8 Å². The molecule has 0 aliphatic carbocycles. The Balaban J connectivity index is 1.50. The molecule has 9 nitrogen and oxygen atoms in total. The first-order valence-corrected chi connectivity index (χ1v) is 14.7. The highest BCUT2D eigenvalue weighted by molar-refractivity contribution is 5.93. The Kier molecular flexibility index (Phi) is 11.5. The number of halogens is 3. The summed E-state index contributed by atoms with van der Waals surface area (Å²) in [5, 5.41) is 8.95. The summed E-state index contributed by atoms with van der Waals surface area (Å²) in [6.45, 7) is 3.10. The first-order chi connectivity index (χ1) is 22.0. The number of para-hydroxylation sites is 1. The van der Waals surface area contributed by atoms with E-state index >= 15 is 0 Å². The number of Topliss-reactive ketones (excluding diaryl/α,β-unsaturated/α-hetero) is 1. The minimum absolute atomic E-state index is 0.00196. The fraction of sp³-hybridized carbons (Fsp3) is 0.294. The normalized spacial score (nSPS) is 12.7. The highest BCUT2D eigenvalue weighted by atomic mass is 19.4. The molecule has 2 amide bonds. The van der Waals surface area contributed by atoms with Crippen LogP contribution < -0.4 is 15.4 Å². The van der Waals surface area contributed by atoms with Gasteiger partial charge in [-0.15, -0.1) is 0 Å². The molecule has 1 aromatic heterocycles. The van der Waals surface area contributed by atoms with E-state index < -0.39 is 48.3 Å². The van der Waals surface area contributed by atoms with Gasteiger partial charge in [0.2, 0.25) is 11.8 Å². The number of carbonyl (C=O) groups is 3. The summed E-state index contributed by atoms with van der Waals surface area (Å²) < 4.78 is 52.4. The van der Waals surface area contributed by atoms with Gasteiger partial charge in [0.1, 0.15) is 12.6 Å². The van der Waals surface area contributed by atoms with Crippen LogP contribution in [0.2, 0.25) is 0 Å². The Hall–Kier alpha value is -5.13. The first kappa shape index (κ1) is 33.8. The molecule has 0 bridgehead atoms. The smallest absolute Gasteiger partial charge is 0.435 e. The van der Waals surface area contributed by atoms with Crippen LogP contribution >= 0.6 is 0 Å². The number of ether oxygens (including phenoxy) is 2. The van der Waals surface area contributed by atoms with Crippen molar-refractivity contribution in [2.45, 2.75) is 51.6 Å². The third-order valence-electron chi connectivity index (χ3n) is 6.85. The molecule has 242 valence electrons. The monoisotopic (exact) mass is 636 g/mol. The molecule has 0 aliphatic heterocycles. The molecular formula is C34H35F3N4O5. The van der Waals surface area contributed by atoms with Gasteiger partial charge in [0.15, 0.2) is 18.1 Å². The molecule has 0 fully saturated rings. The third-order valence-corrected chi connectivity index (χ3v) is 6.85. The van der Waals surface area contributed by atoms with E-state index in [2.05, 4.69) is 15.7 Å². The summed E-state index contributed by atoms with van der Waals surface area (Å²) in [7, 11) is 0. The zero-order chi connectivity index (χ0) is 33.1. The van der Waals surface area contributed by atoms with Crippen molar-refractivity contribution in [2.75, 3.05) is 6.61 Å². The van der Waals surface area contributed by atoms with Crippen molar-refractivity contribution in [1.29, 1.82) is 0 Å². The van der Waals surface area contributed by atoms with Gasteiger partial charge < -0.3 is 20.1 Å². The molecule has 0 aliphatic rings. The van der Waals surface area contributed by atoms with Gasteiger partial charge in [-0.2, -0.15) is 18.3 Å². The van der Waals surface area contributed by atoms with E-state index in [0.717, 1.165) is 15.8 Å². The molecule has 2 atom stereocenters. The average molecular weight is 637 g/mol. The van der Waals surface area contributed by atoms with E-state index in [9.17, 15) is 27.6 Å². The van der Waals surface area contributed by atoms with Crippen molar-refractivity contribution in [3.05, 3.63) is 114 Å². The van der Waals surface area contributed by atoms with Crippen molar-refractivity contribution in [1.82, 2.24) is 20.4 Å². The molecule has 0 spiro atoms. The molecule has 46 heavy (non-hydrogen) atoms. The second kappa shape index (κ2) is 15.7. The molecule has 12 heteroatoms. The second-order valence-electron chi connectivity index (χ2n) is 11.0. The Morgan fingerprint density at radius 3 is 2.00 bits per heavy atom. The largest absolute Gasteiger partial charge is 0.469 e. The van der Waals surface area contributed by atoms with E-state index in [-0.39, 0.29) is 31.2 Å². The van der Waals surface area contributed by atoms with Crippen LogP contribution in [-0.4, -0.2) is 46.3 Å². The van der Waals surface area contributed by atoms with Crippen LogP contribution in [0.15, 0.2) is 97.1 Å². The summed E-state index contributed by atoms with van der Waals surface area (Å²) >= 11 is 0. The van der Waals surface area contributed by atoms with Gasteiger partial charge >= 0.3 is 12.3 Å². The van der Waals surface area contributed by atoms with Gasteiger partial charge in [0.25, 0.3) is 0 Å². The quantitative estimate of drug-likeness (QED) is 0.178. The van der Waals surface area contributed by atoms with Gasteiger partial charge in [0.05, 0.1) is 11.7 Å². The Labute approximate surface area is 264 Å². The van der Waals surface area contributed by atoms with Crippen LogP contribution in [0.1, 0.15) is 37.1 Å². The summed E-state index contributed by atoms with van der Waals surface area (Å²) in [5.41, 5.74) is 0.614. The minimum Gasteiger partial charge on any atom is -0.469 e. The number of benzene rings is 3. The second-order valence-corrected chi connectivity index (χ2v) is 11.0. The number of amides is 2. The average Bonchev–Trinajstić information content (AvgIpc) is 3.48. The molecule has 0 radical (unpaired) electrons. The standard InChI is InChI=1S/C34H35F3N4O5/c1-23(2)18-28(39-33(44)46-21-25-14-8-4-9-15-25)32(43)38-27(19-24-12-6-3-7-13-24)29(42)22-45-31-20-30(34(35,36)37)40-41(31)26-16-10-5-11-17-26/h3-17,20,23,27-28H,18-19,21-22H2,1-2H3,(H,38,43)(H,39,44)/t27-,28+/m0/s1. The number of hydrogen-bond acceptors (Lipinski definition) is 6. The van der Waals surface area contributed by atoms with Crippen molar-refractivity contribution in [3.63, 3.8) is 0 Å². The molecular weight excluding hydrogens is 601 g/mol. The lowest BCUT2D eigenvalue weighted by atomic mass is 10.00. The van der Waals surface area contributed by atoms with Crippen molar-refractivity contribution < 1.29 is 37.0 Å². The zero-order valence-electron chi connectivity index (χ0n) is 25.4. The van der Waals surface area contributed by atoms with Gasteiger partial charge in [0, 0.05) is 6.07 Å². The number of nitrogens with zero attached hydrogens (tertiary/aromatic N) is 2. The fourth-order valence-corrected chi connectivity index (χ4v) is 4.58. The van der Waals surface area contributed by atoms with E-state index in [0.29, 0.717) is 11.8 Å². The fourth-order valence-electron chi connectivity index (χ4n) is 4.58. The van der Waals surface area contributed by atoms with Gasteiger partial charge in [-0.3, -0.25) is 9.59 Å². The number of hydrogen-bond donors (Lipinski definition) is 2. The van der Waals surface area contributed by atoms with Gasteiger partial charge in [-0.05, 0) is 42.0 Å². The number of alkyl halides is 3. The molecule has 4 aromatic rings. The Morgan fingerprint density at radius 1 is 0.826 bits per heavy atom. The number of ketones is 1. The van der Waals surface area contributed by atoms with E-state index in [1.807, 2.05) is 32.0 Å². The summed E-state index contributed by atoms with van der Waals surface area (Å²) in [6.07, 6.45) is -5.21. The van der Waals surface area contributed by atoms with Crippen LogP contribution in [0.3, 0.4) is 0 Å². The maximum atomic E-state index is 13.5. The maximum Gasteiger partial charge on any atom is 0.435 e. The first-order valence-electron chi connectivity index (χ1n) is 14.7. The predicted molar refractivity (Wildman–Crippen MR) is 164 cm³/mol. The van der Waals surface area contributed by atoms with Crippen molar-refractivity contribution >= 4 is 17.8 Å². The van der Waals surface area contributed by atoms with Crippen LogP contribution in [0, 0.1) is 5.92 Å². The lowest BCUT2D eigenvalue weighted by Crippen LogP contribution is -2.53. The summed E-state index contributed by atoms with van der Waals surface area (Å²) in [6, 6.07) is 24.6. The van der Waals surface area contributed by atoms with Gasteiger partial charge in [-0.25, -0.2) is 9.48 Å². The Bertz CT molecular complexity index is 1580. The predicted octanol–water partition coefficient (Wildman–Crippen LogP) is 5.91. The molecule has 0 saturated heterocycles. The minimum atomic E-state index is -4.74. The van der Waals surface area contributed by atoms with Crippen LogP contribution in [-0.2, 0) is 33.5 Å². The highest BCUT2D eigenvalue weighted by Crippen LogP contribution is 2.32. The number of nitrogens with one attached hydrogen (secondary N) is 2. The van der Waals surface area contributed by atoms with Crippen LogP contribution in [0.4, 0.5) is 18.0 Å².